The summed E-state index contributed by atoms with van der Waals surface area (Å²) in [6.45, 7) is 0.435. The Balaban J connectivity index is 1.79. The van der Waals surface area contributed by atoms with Crippen LogP contribution in [0.3, 0.4) is 0 Å². The second-order valence-corrected chi connectivity index (χ2v) is 6.25. The maximum Gasteiger partial charge on any atom is 0.230 e. The van der Waals surface area contributed by atoms with E-state index in [1.54, 1.807) is 0 Å². The zero-order chi connectivity index (χ0) is 16.8. The Hall–Kier alpha value is -2.08. The Morgan fingerprint density at radius 1 is 1.09 bits per heavy atom. The van der Waals surface area contributed by atoms with Crippen molar-refractivity contribution < 1.29 is 13.6 Å². The van der Waals surface area contributed by atoms with Gasteiger partial charge in [0.05, 0.1) is 5.75 Å². The third-order valence-electron chi connectivity index (χ3n) is 3.20. The second kappa shape index (κ2) is 7.97. The molecule has 0 bridgehead atoms. The van der Waals surface area contributed by atoms with Crippen molar-refractivity contribution in [2.75, 3.05) is 24.7 Å². The van der Waals surface area contributed by atoms with Crippen molar-refractivity contribution in [1.82, 2.24) is 5.32 Å². The number of thioether (sulfide) groups is 1. The fourth-order valence-corrected chi connectivity index (χ4v) is 2.63. The lowest BCUT2D eigenvalue weighted by Crippen LogP contribution is -2.24. The summed E-state index contributed by atoms with van der Waals surface area (Å²) in [6, 6.07) is 11.5. The van der Waals surface area contributed by atoms with E-state index in [1.807, 2.05) is 43.3 Å². The van der Waals surface area contributed by atoms with E-state index in [0.29, 0.717) is 11.4 Å². The van der Waals surface area contributed by atoms with Crippen molar-refractivity contribution >= 4 is 23.4 Å². The summed E-state index contributed by atoms with van der Waals surface area (Å²) in [5.41, 5.74) is 2.09. The van der Waals surface area contributed by atoms with Gasteiger partial charge in [-0.2, -0.15) is 0 Å². The monoisotopic (exact) mass is 336 g/mol. The van der Waals surface area contributed by atoms with Gasteiger partial charge in [0.25, 0.3) is 0 Å². The smallest absolute Gasteiger partial charge is 0.230 e. The minimum absolute atomic E-state index is 0.154. The molecule has 2 rings (SSSR count). The van der Waals surface area contributed by atoms with Crippen molar-refractivity contribution in [3.63, 3.8) is 0 Å². The molecule has 0 fully saturated rings. The van der Waals surface area contributed by atoms with Crippen LogP contribution >= 0.6 is 11.8 Å². The van der Waals surface area contributed by atoms with Gasteiger partial charge < -0.3 is 10.2 Å². The number of amides is 1. The second-order valence-electron chi connectivity index (χ2n) is 5.20. The highest BCUT2D eigenvalue weighted by Crippen LogP contribution is 2.20. The van der Waals surface area contributed by atoms with E-state index in [9.17, 15) is 13.6 Å². The fourth-order valence-electron chi connectivity index (χ4n) is 1.88. The molecule has 23 heavy (non-hydrogen) atoms. The Morgan fingerprint density at radius 2 is 1.78 bits per heavy atom. The highest BCUT2D eigenvalue weighted by atomic mass is 32.2. The summed E-state index contributed by atoms with van der Waals surface area (Å²) in [5.74, 6) is -1.80. The first-order valence-electron chi connectivity index (χ1n) is 7.06. The van der Waals surface area contributed by atoms with Crippen LogP contribution in [0.1, 0.15) is 5.56 Å². The van der Waals surface area contributed by atoms with Gasteiger partial charge in [-0.05, 0) is 35.9 Å². The topological polar surface area (TPSA) is 32.3 Å². The van der Waals surface area contributed by atoms with E-state index in [0.717, 1.165) is 23.4 Å². The molecule has 0 unspecified atom stereocenters. The third-order valence-corrected chi connectivity index (χ3v) is 4.20. The molecule has 1 N–H and O–H groups in total. The molecule has 0 heterocycles. The normalized spacial score (nSPS) is 10.4. The Labute approximate surface area is 138 Å². The Bertz CT molecular complexity index is 675. The maximum atomic E-state index is 13.1. The molecule has 0 aliphatic carbocycles. The first-order valence-corrected chi connectivity index (χ1v) is 8.05. The lowest BCUT2D eigenvalue weighted by molar-refractivity contribution is -0.118. The van der Waals surface area contributed by atoms with Crippen LogP contribution in [0.15, 0.2) is 47.4 Å². The van der Waals surface area contributed by atoms with Crippen LogP contribution in [0, 0.1) is 11.6 Å². The number of carbonyl (C=O) groups excluding carboxylic acids is 1. The molecule has 6 heteroatoms. The van der Waals surface area contributed by atoms with Crippen LogP contribution in [0.4, 0.5) is 14.5 Å². The summed E-state index contributed by atoms with van der Waals surface area (Å²) in [7, 11) is 3.93. The largest absolute Gasteiger partial charge is 0.378 e. The number of hydrogen-bond donors (Lipinski definition) is 1. The summed E-state index contributed by atoms with van der Waals surface area (Å²) >= 11 is 1.17. The number of halogens is 2. The summed E-state index contributed by atoms with van der Waals surface area (Å²) < 4.78 is 25.9. The lowest BCUT2D eigenvalue weighted by atomic mass is 10.2. The SMILES string of the molecule is CN(C)c1ccc(CNC(=O)CSc2ccc(F)c(F)c2)cc1. The van der Waals surface area contributed by atoms with Crippen LogP contribution in [-0.4, -0.2) is 25.8 Å². The van der Waals surface area contributed by atoms with Gasteiger partial charge in [-0.3, -0.25) is 4.79 Å². The molecule has 0 aromatic heterocycles. The molecule has 2 aromatic rings. The molecule has 0 spiro atoms. The predicted molar refractivity (Wildman–Crippen MR) is 89.7 cm³/mol. The minimum Gasteiger partial charge on any atom is -0.378 e. The Morgan fingerprint density at radius 3 is 2.39 bits per heavy atom. The number of hydrogen-bond acceptors (Lipinski definition) is 3. The first kappa shape index (κ1) is 17.3. The van der Waals surface area contributed by atoms with Crippen molar-refractivity contribution in [2.45, 2.75) is 11.4 Å². The minimum atomic E-state index is -0.906. The third kappa shape index (κ3) is 5.25. The van der Waals surface area contributed by atoms with Gasteiger partial charge in [0.1, 0.15) is 0 Å². The molecule has 0 saturated heterocycles. The zero-order valence-electron chi connectivity index (χ0n) is 13.0. The molecule has 122 valence electrons. The highest BCUT2D eigenvalue weighted by Gasteiger charge is 2.06. The van der Waals surface area contributed by atoms with Crippen molar-refractivity contribution in [3.05, 3.63) is 59.7 Å². The van der Waals surface area contributed by atoms with Gasteiger partial charge in [0.15, 0.2) is 11.6 Å². The van der Waals surface area contributed by atoms with E-state index in [-0.39, 0.29) is 11.7 Å². The average molecular weight is 336 g/mol. The maximum absolute atomic E-state index is 13.1. The number of carbonyl (C=O) groups is 1. The predicted octanol–water partition coefficient (Wildman–Crippen LogP) is 3.44. The van der Waals surface area contributed by atoms with Gasteiger partial charge in [0.2, 0.25) is 5.91 Å². The number of benzene rings is 2. The molecule has 0 radical (unpaired) electrons. The van der Waals surface area contributed by atoms with E-state index in [1.165, 1.54) is 17.8 Å². The van der Waals surface area contributed by atoms with Crippen LogP contribution in [0.5, 0.6) is 0 Å². The summed E-state index contributed by atoms with van der Waals surface area (Å²) in [4.78, 5) is 14.3. The van der Waals surface area contributed by atoms with Gasteiger partial charge in [-0.1, -0.05) is 12.1 Å². The van der Waals surface area contributed by atoms with Gasteiger partial charge >= 0.3 is 0 Å². The van der Waals surface area contributed by atoms with Crippen LogP contribution in [0.25, 0.3) is 0 Å². The molecule has 0 atom stereocenters. The molecule has 0 aliphatic rings. The van der Waals surface area contributed by atoms with E-state index in [4.69, 9.17) is 0 Å². The van der Waals surface area contributed by atoms with Crippen molar-refractivity contribution in [1.29, 1.82) is 0 Å². The summed E-state index contributed by atoms with van der Waals surface area (Å²) in [5, 5.41) is 2.80. The van der Waals surface area contributed by atoms with Gasteiger partial charge in [0, 0.05) is 31.2 Å². The summed E-state index contributed by atoms with van der Waals surface area (Å²) in [6.07, 6.45) is 0. The highest BCUT2D eigenvalue weighted by molar-refractivity contribution is 8.00. The number of anilines is 1. The van der Waals surface area contributed by atoms with E-state index in [2.05, 4.69) is 5.32 Å². The van der Waals surface area contributed by atoms with Gasteiger partial charge in [-0.15, -0.1) is 11.8 Å². The molecular weight excluding hydrogens is 318 g/mol. The van der Waals surface area contributed by atoms with Gasteiger partial charge in [-0.25, -0.2) is 8.78 Å². The van der Waals surface area contributed by atoms with Crippen LogP contribution in [-0.2, 0) is 11.3 Å². The molecular formula is C17H18F2N2OS. The number of rotatable bonds is 6. The quantitative estimate of drug-likeness (QED) is 0.820. The molecule has 0 aliphatic heterocycles. The standard InChI is InChI=1S/C17H18F2N2OS/c1-21(2)13-5-3-12(4-6-13)10-20-17(22)11-23-14-7-8-15(18)16(19)9-14/h3-9H,10-11H2,1-2H3,(H,20,22). The average Bonchev–Trinajstić information content (AvgIpc) is 2.54. The molecule has 0 saturated carbocycles. The van der Waals surface area contributed by atoms with Crippen LogP contribution in [0.2, 0.25) is 0 Å². The number of nitrogens with one attached hydrogen (secondary N) is 1. The molecule has 2 aromatic carbocycles. The zero-order valence-corrected chi connectivity index (χ0v) is 13.8. The number of nitrogens with zero attached hydrogens (tertiary/aromatic N) is 1. The lowest BCUT2D eigenvalue weighted by Gasteiger charge is -2.13. The van der Waals surface area contributed by atoms with Crippen molar-refractivity contribution in [2.24, 2.45) is 0 Å². The molecule has 3 nitrogen and oxygen atoms in total. The Kier molecular flexibility index (Phi) is 5.98. The van der Waals surface area contributed by atoms with E-state index >= 15 is 0 Å². The van der Waals surface area contributed by atoms with Crippen LogP contribution < -0.4 is 10.2 Å². The molecule has 1 amide bonds. The first-order chi connectivity index (χ1) is 11.0. The van der Waals surface area contributed by atoms with E-state index < -0.39 is 11.6 Å². The fraction of sp³-hybridized carbons (Fsp3) is 0.235. The van der Waals surface area contributed by atoms with Crippen molar-refractivity contribution in [3.8, 4) is 0 Å².